The van der Waals surface area contributed by atoms with Gasteiger partial charge >= 0.3 is 0 Å². The summed E-state index contributed by atoms with van der Waals surface area (Å²) in [4.78, 5) is 19.3. The SMILES string of the molecule is COc1cc(C)c(S(=O)(=O)N2CCC2COCC(=O)N2CCN(CCCN(C)C)CC2)c(C)c1. The zero-order valence-corrected chi connectivity index (χ0v) is 22.1. The molecule has 10 heteroatoms. The highest BCUT2D eigenvalue weighted by Crippen LogP contribution is 2.33. The molecule has 0 radical (unpaired) electrons. The normalized spacial score (nSPS) is 19.9. The van der Waals surface area contributed by atoms with Crippen LogP contribution in [0.4, 0.5) is 0 Å². The van der Waals surface area contributed by atoms with Crippen molar-refractivity contribution in [3.05, 3.63) is 23.3 Å². The van der Waals surface area contributed by atoms with Crippen LogP contribution in [0.1, 0.15) is 24.0 Å². The molecule has 9 nitrogen and oxygen atoms in total. The summed E-state index contributed by atoms with van der Waals surface area (Å²) in [7, 11) is 2.09. The number of amides is 1. The summed E-state index contributed by atoms with van der Waals surface area (Å²) in [6.07, 6.45) is 1.85. The Morgan fingerprint density at radius 2 is 1.74 bits per heavy atom. The summed E-state index contributed by atoms with van der Waals surface area (Å²) in [5, 5.41) is 0. The second kappa shape index (κ2) is 11.8. The molecular weight excluding hydrogens is 456 g/mol. The van der Waals surface area contributed by atoms with Crippen molar-refractivity contribution in [1.29, 1.82) is 0 Å². The first-order valence-electron chi connectivity index (χ1n) is 12.0. The van der Waals surface area contributed by atoms with E-state index in [0.717, 1.165) is 39.0 Å². The Labute approximate surface area is 204 Å². The topological polar surface area (TPSA) is 82.6 Å². The van der Waals surface area contributed by atoms with Crippen LogP contribution in [0.25, 0.3) is 0 Å². The lowest BCUT2D eigenvalue weighted by molar-refractivity contribution is -0.138. The van der Waals surface area contributed by atoms with E-state index in [2.05, 4.69) is 23.9 Å². The molecule has 0 saturated carbocycles. The summed E-state index contributed by atoms with van der Waals surface area (Å²) in [6.45, 7) is 9.56. The molecule has 0 spiro atoms. The van der Waals surface area contributed by atoms with Gasteiger partial charge in [0.25, 0.3) is 0 Å². The average molecular weight is 497 g/mol. The van der Waals surface area contributed by atoms with Crippen molar-refractivity contribution < 1.29 is 22.7 Å². The second-order valence-electron chi connectivity index (χ2n) is 9.54. The molecular formula is C24H40N4O5S. The molecule has 2 heterocycles. The van der Waals surface area contributed by atoms with Gasteiger partial charge in [-0.15, -0.1) is 0 Å². The maximum absolute atomic E-state index is 13.3. The minimum Gasteiger partial charge on any atom is -0.497 e. The predicted octanol–water partition coefficient (Wildman–Crippen LogP) is 1.19. The van der Waals surface area contributed by atoms with Crippen molar-refractivity contribution in [3.63, 3.8) is 0 Å². The highest BCUT2D eigenvalue weighted by molar-refractivity contribution is 7.89. The second-order valence-corrected chi connectivity index (χ2v) is 11.4. The number of piperazine rings is 1. The van der Waals surface area contributed by atoms with Crippen LogP contribution in [0.5, 0.6) is 5.75 Å². The van der Waals surface area contributed by atoms with Gasteiger partial charge in [0.05, 0.1) is 18.6 Å². The molecule has 1 atom stereocenters. The van der Waals surface area contributed by atoms with Gasteiger partial charge in [-0.2, -0.15) is 4.31 Å². The Morgan fingerprint density at radius 1 is 1.09 bits per heavy atom. The van der Waals surface area contributed by atoms with E-state index in [1.807, 2.05) is 4.90 Å². The number of hydrogen-bond acceptors (Lipinski definition) is 7. The molecule has 0 aliphatic carbocycles. The minimum absolute atomic E-state index is 0.00832. The first-order chi connectivity index (χ1) is 16.1. The number of sulfonamides is 1. The summed E-state index contributed by atoms with van der Waals surface area (Å²) in [5.41, 5.74) is 1.33. The van der Waals surface area contributed by atoms with Crippen LogP contribution in [0, 0.1) is 13.8 Å². The average Bonchev–Trinajstić information content (AvgIpc) is 2.74. The summed E-state index contributed by atoms with van der Waals surface area (Å²) in [6, 6.07) is 3.24. The molecule has 2 saturated heterocycles. The predicted molar refractivity (Wildman–Crippen MR) is 132 cm³/mol. The third-order valence-corrected chi connectivity index (χ3v) is 8.92. The van der Waals surface area contributed by atoms with E-state index in [0.29, 0.717) is 41.4 Å². The number of methoxy groups -OCH3 is 1. The van der Waals surface area contributed by atoms with Crippen LogP contribution >= 0.6 is 0 Å². The van der Waals surface area contributed by atoms with Gasteiger partial charge in [-0.25, -0.2) is 8.42 Å². The van der Waals surface area contributed by atoms with Crippen molar-refractivity contribution in [2.45, 2.75) is 37.6 Å². The van der Waals surface area contributed by atoms with Gasteiger partial charge < -0.3 is 19.3 Å². The third-order valence-electron chi connectivity index (χ3n) is 6.67. The lowest BCUT2D eigenvalue weighted by Crippen LogP contribution is -2.54. The van der Waals surface area contributed by atoms with Gasteiger partial charge in [0.15, 0.2) is 0 Å². The summed E-state index contributed by atoms with van der Waals surface area (Å²) in [5.74, 6) is 0.619. The highest BCUT2D eigenvalue weighted by atomic mass is 32.2. The number of aryl methyl sites for hydroxylation is 2. The highest BCUT2D eigenvalue weighted by Gasteiger charge is 2.40. The van der Waals surface area contributed by atoms with Gasteiger partial charge in [0.2, 0.25) is 15.9 Å². The molecule has 1 aromatic carbocycles. The maximum atomic E-state index is 13.3. The lowest BCUT2D eigenvalue weighted by Gasteiger charge is -2.40. The van der Waals surface area contributed by atoms with E-state index >= 15 is 0 Å². The van der Waals surface area contributed by atoms with Gasteiger partial charge in [0, 0.05) is 38.8 Å². The lowest BCUT2D eigenvalue weighted by atomic mass is 10.1. The number of ether oxygens (including phenoxy) is 2. The molecule has 0 aromatic heterocycles. The number of benzene rings is 1. The fourth-order valence-corrected chi connectivity index (χ4v) is 6.73. The van der Waals surface area contributed by atoms with Crippen LogP contribution in [0.2, 0.25) is 0 Å². The van der Waals surface area contributed by atoms with Crippen molar-refractivity contribution in [3.8, 4) is 5.75 Å². The Kier molecular flexibility index (Phi) is 9.34. The summed E-state index contributed by atoms with van der Waals surface area (Å²) >= 11 is 0. The number of hydrogen-bond donors (Lipinski definition) is 0. The van der Waals surface area contributed by atoms with Gasteiger partial charge in [0.1, 0.15) is 12.4 Å². The van der Waals surface area contributed by atoms with E-state index in [-0.39, 0.29) is 25.2 Å². The van der Waals surface area contributed by atoms with E-state index in [1.54, 1.807) is 33.1 Å². The molecule has 0 N–H and O–H groups in total. The fraction of sp³-hybridized carbons (Fsp3) is 0.708. The van der Waals surface area contributed by atoms with E-state index in [9.17, 15) is 13.2 Å². The minimum atomic E-state index is -3.63. The van der Waals surface area contributed by atoms with E-state index < -0.39 is 10.0 Å². The summed E-state index contributed by atoms with van der Waals surface area (Å²) < 4.78 is 39.0. The molecule has 2 aliphatic heterocycles. The first kappa shape index (κ1) is 26.9. The Bertz CT molecular complexity index is 922. The van der Waals surface area contributed by atoms with Crippen LogP contribution < -0.4 is 4.74 Å². The Hall–Kier alpha value is -1.72. The van der Waals surface area contributed by atoms with Crippen LogP contribution in [-0.4, -0.2) is 120 Å². The monoisotopic (exact) mass is 496 g/mol. The Morgan fingerprint density at radius 3 is 2.26 bits per heavy atom. The van der Waals surface area contributed by atoms with Crippen LogP contribution in [-0.2, 0) is 19.6 Å². The third kappa shape index (κ3) is 6.48. The van der Waals surface area contributed by atoms with E-state index in [4.69, 9.17) is 9.47 Å². The number of carbonyl (C=O) groups excluding carboxylic acids is 1. The van der Waals surface area contributed by atoms with Crippen molar-refractivity contribution in [1.82, 2.24) is 19.0 Å². The number of nitrogens with zero attached hydrogens (tertiary/aromatic N) is 4. The van der Waals surface area contributed by atoms with Gasteiger partial charge in [-0.1, -0.05) is 0 Å². The molecule has 2 aliphatic rings. The van der Waals surface area contributed by atoms with E-state index in [1.165, 1.54) is 4.31 Å². The molecule has 192 valence electrons. The number of carbonyl (C=O) groups is 1. The van der Waals surface area contributed by atoms with Crippen LogP contribution in [0.3, 0.4) is 0 Å². The molecule has 0 bridgehead atoms. The molecule has 1 amide bonds. The van der Waals surface area contributed by atoms with Gasteiger partial charge in [-0.05, 0) is 77.1 Å². The Balaban J connectivity index is 1.45. The largest absolute Gasteiger partial charge is 0.497 e. The maximum Gasteiger partial charge on any atom is 0.248 e. The van der Waals surface area contributed by atoms with Crippen molar-refractivity contribution in [2.24, 2.45) is 0 Å². The van der Waals surface area contributed by atoms with Crippen molar-refractivity contribution in [2.75, 3.05) is 80.2 Å². The first-order valence-corrected chi connectivity index (χ1v) is 13.5. The number of rotatable bonds is 11. The standard InChI is InChI=1S/C24H40N4O5S/c1-19-15-22(32-5)16-20(2)24(19)34(30,31)28-10-7-21(28)17-33-18-23(29)27-13-11-26(12-14-27)9-6-8-25(3)4/h15-16,21H,6-14,17-18H2,1-5H3. The molecule has 34 heavy (non-hydrogen) atoms. The quantitative estimate of drug-likeness (QED) is 0.455. The molecule has 2 fully saturated rings. The molecule has 3 rings (SSSR count). The zero-order valence-electron chi connectivity index (χ0n) is 21.2. The molecule has 1 unspecified atom stereocenters. The fourth-order valence-electron chi connectivity index (χ4n) is 4.66. The zero-order chi connectivity index (χ0) is 24.9. The van der Waals surface area contributed by atoms with Crippen molar-refractivity contribution >= 4 is 15.9 Å². The smallest absolute Gasteiger partial charge is 0.248 e. The molecule has 1 aromatic rings. The van der Waals surface area contributed by atoms with Crippen LogP contribution in [0.15, 0.2) is 17.0 Å². The van der Waals surface area contributed by atoms with Gasteiger partial charge in [-0.3, -0.25) is 9.69 Å².